The smallest absolute Gasteiger partial charge is 0.261 e. The highest BCUT2D eigenvalue weighted by Crippen LogP contribution is 2.19. The monoisotopic (exact) mass is 358 g/mol. The molecule has 5 nitrogen and oxygen atoms in total. The maximum absolute atomic E-state index is 12.5. The van der Waals surface area contributed by atoms with Gasteiger partial charge < -0.3 is 14.8 Å². The molecular weight excluding hydrogens is 336 g/mol. The topological polar surface area (TPSA) is 59.6 Å². The Hall–Kier alpha value is -2.60. The predicted molar refractivity (Wildman–Crippen MR) is 104 cm³/mol. The second kappa shape index (κ2) is 9.64. The Balaban J connectivity index is 2.01. The molecule has 0 heterocycles. The number of rotatable bonds is 7. The molecule has 2 aromatic carbocycles. The van der Waals surface area contributed by atoms with E-state index < -0.39 is 0 Å². The summed E-state index contributed by atoms with van der Waals surface area (Å²) in [5, 5.41) is 5.87. The third-order valence-corrected chi connectivity index (χ3v) is 3.43. The van der Waals surface area contributed by atoms with Gasteiger partial charge in [-0.05, 0) is 49.8 Å². The molecule has 2 N–H and O–H groups in total. The van der Waals surface area contributed by atoms with Crippen molar-refractivity contribution in [3.05, 3.63) is 54.1 Å². The van der Waals surface area contributed by atoms with Crippen LogP contribution >= 0.6 is 12.2 Å². The van der Waals surface area contributed by atoms with Gasteiger partial charge in [0.1, 0.15) is 11.5 Å². The average Bonchev–Trinajstić information content (AvgIpc) is 2.60. The molecular formula is C19H22N2O3S. The number of carbonyl (C=O) groups excluding carboxylic acids is 1. The first-order valence-corrected chi connectivity index (χ1v) is 8.62. The third-order valence-electron chi connectivity index (χ3n) is 3.22. The molecule has 1 amide bonds. The summed E-state index contributed by atoms with van der Waals surface area (Å²) in [4.78, 5) is 12.5. The van der Waals surface area contributed by atoms with Crippen LogP contribution in [0.15, 0.2) is 48.5 Å². The van der Waals surface area contributed by atoms with Crippen molar-refractivity contribution in [1.29, 1.82) is 0 Å². The molecule has 0 saturated heterocycles. The van der Waals surface area contributed by atoms with Crippen molar-refractivity contribution >= 4 is 28.9 Å². The standard InChI is InChI=1S/C19H22N2O3S/c1-3-12-24-17-11-6-5-10-16(17)18(22)21-19(25)20-14-8-7-9-15(13-14)23-4-2/h5-11,13H,3-4,12H2,1-2H3,(H2,20,21,22,25). The number of amides is 1. The molecule has 2 rings (SSSR count). The van der Waals surface area contributed by atoms with Crippen molar-refractivity contribution in [2.45, 2.75) is 20.3 Å². The van der Waals surface area contributed by atoms with E-state index in [2.05, 4.69) is 10.6 Å². The van der Waals surface area contributed by atoms with E-state index in [9.17, 15) is 4.79 Å². The van der Waals surface area contributed by atoms with E-state index in [1.807, 2.05) is 44.2 Å². The lowest BCUT2D eigenvalue weighted by Crippen LogP contribution is -2.34. The van der Waals surface area contributed by atoms with Gasteiger partial charge >= 0.3 is 0 Å². The van der Waals surface area contributed by atoms with Gasteiger partial charge in [-0.3, -0.25) is 10.1 Å². The summed E-state index contributed by atoms with van der Waals surface area (Å²) in [6.07, 6.45) is 0.867. The lowest BCUT2D eigenvalue weighted by Gasteiger charge is -2.13. The van der Waals surface area contributed by atoms with E-state index in [0.29, 0.717) is 24.5 Å². The minimum Gasteiger partial charge on any atom is -0.494 e. The summed E-state index contributed by atoms with van der Waals surface area (Å²) < 4.78 is 11.1. The molecule has 0 saturated carbocycles. The summed E-state index contributed by atoms with van der Waals surface area (Å²) in [6.45, 7) is 5.07. The number of ether oxygens (including phenoxy) is 2. The van der Waals surface area contributed by atoms with Crippen LogP contribution in [0.25, 0.3) is 0 Å². The summed E-state index contributed by atoms with van der Waals surface area (Å²) >= 11 is 5.23. The Bertz CT molecular complexity index is 734. The second-order valence-corrected chi connectivity index (χ2v) is 5.62. The minimum absolute atomic E-state index is 0.212. The Labute approximate surface area is 153 Å². The molecule has 0 bridgehead atoms. The van der Waals surface area contributed by atoms with Crippen LogP contribution in [-0.2, 0) is 0 Å². The summed E-state index contributed by atoms with van der Waals surface area (Å²) in [6, 6.07) is 14.5. The Kier molecular flexibility index (Phi) is 7.22. The second-order valence-electron chi connectivity index (χ2n) is 5.21. The maximum Gasteiger partial charge on any atom is 0.261 e. The van der Waals surface area contributed by atoms with Crippen molar-refractivity contribution < 1.29 is 14.3 Å². The van der Waals surface area contributed by atoms with E-state index in [1.54, 1.807) is 18.2 Å². The van der Waals surface area contributed by atoms with E-state index in [0.717, 1.165) is 17.9 Å². The number of thiocarbonyl (C=S) groups is 1. The van der Waals surface area contributed by atoms with Crippen molar-refractivity contribution in [2.24, 2.45) is 0 Å². The van der Waals surface area contributed by atoms with Gasteiger partial charge in [-0.15, -0.1) is 0 Å². The number of carbonyl (C=O) groups is 1. The van der Waals surface area contributed by atoms with Gasteiger partial charge in [0.25, 0.3) is 5.91 Å². The Morgan fingerprint density at radius 3 is 2.64 bits per heavy atom. The number of hydrogen-bond donors (Lipinski definition) is 2. The zero-order valence-electron chi connectivity index (χ0n) is 14.4. The highest BCUT2D eigenvalue weighted by atomic mass is 32.1. The summed E-state index contributed by atoms with van der Waals surface area (Å²) in [5.41, 5.74) is 1.19. The fourth-order valence-electron chi connectivity index (χ4n) is 2.16. The minimum atomic E-state index is -0.315. The quantitative estimate of drug-likeness (QED) is 0.733. The number of anilines is 1. The molecule has 132 valence electrons. The van der Waals surface area contributed by atoms with Crippen molar-refractivity contribution in [3.63, 3.8) is 0 Å². The van der Waals surface area contributed by atoms with E-state index in [4.69, 9.17) is 21.7 Å². The third kappa shape index (κ3) is 5.76. The molecule has 0 aromatic heterocycles. The van der Waals surface area contributed by atoms with Gasteiger partial charge in [-0.1, -0.05) is 25.1 Å². The molecule has 0 fully saturated rings. The number of hydrogen-bond acceptors (Lipinski definition) is 4. The van der Waals surface area contributed by atoms with Gasteiger partial charge in [-0.25, -0.2) is 0 Å². The van der Waals surface area contributed by atoms with E-state index in [1.165, 1.54) is 0 Å². The van der Waals surface area contributed by atoms with Crippen molar-refractivity contribution in [3.8, 4) is 11.5 Å². The van der Waals surface area contributed by atoms with Crippen LogP contribution in [0.4, 0.5) is 5.69 Å². The van der Waals surface area contributed by atoms with Gasteiger partial charge in [0.2, 0.25) is 0 Å². The van der Waals surface area contributed by atoms with Crippen LogP contribution in [0.3, 0.4) is 0 Å². The SMILES string of the molecule is CCCOc1ccccc1C(=O)NC(=S)Nc1cccc(OCC)c1. The normalized spacial score (nSPS) is 10.0. The Morgan fingerprint density at radius 2 is 1.88 bits per heavy atom. The highest BCUT2D eigenvalue weighted by molar-refractivity contribution is 7.80. The highest BCUT2D eigenvalue weighted by Gasteiger charge is 2.13. The molecule has 0 aliphatic rings. The molecule has 0 atom stereocenters. The van der Waals surface area contributed by atoms with E-state index >= 15 is 0 Å². The van der Waals surface area contributed by atoms with E-state index in [-0.39, 0.29) is 11.0 Å². The first-order valence-electron chi connectivity index (χ1n) is 8.21. The molecule has 0 aliphatic carbocycles. The largest absolute Gasteiger partial charge is 0.494 e. The lowest BCUT2D eigenvalue weighted by molar-refractivity contribution is 0.0973. The molecule has 25 heavy (non-hydrogen) atoms. The molecule has 0 radical (unpaired) electrons. The van der Waals surface area contributed by atoms with Gasteiger partial charge in [0.05, 0.1) is 18.8 Å². The molecule has 2 aromatic rings. The first kappa shape index (κ1) is 18.7. The fraction of sp³-hybridized carbons (Fsp3) is 0.263. The van der Waals surface area contributed by atoms with Crippen LogP contribution in [0.5, 0.6) is 11.5 Å². The maximum atomic E-state index is 12.5. The van der Waals surface area contributed by atoms with Gasteiger partial charge in [0.15, 0.2) is 5.11 Å². The van der Waals surface area contributed by atoms with Crippen LogP contribution in [-0.4, -0.2) is 24.2 Å². The Morgan fingerprint density at radius 1 is 1.08 bits per heavy atom. The van der Waals surface area contributed by atoms with Crippen LogP contribution in [0, 0.1) is 0 Å². The lowest BCUT2D eigenvalue weighted by atomic mass is 10.2. The summed E-state index contributed by atoms with van der Waals surface area (Å²) in [5.74, 6) is 0.966. The number of benzene rings is 2. The van der Waals surface area contributed by atoms with Crippen LogP contribution < -0.4 is 20.1 Å². The fourth-order valence-corrected chi connectivity index (χ4v) is 2.37. The average molecular weight is 358 g/mol. The predicted octanol–water partition coefficient (Wildman–Crippen LogP) is 4.00. The van der Waals surface area contributed by atoms with Crippen molar-refractivity contribution in [1.82, 2.24) is 5.32 Å². The zero-order chi connectivity index (χ0) is 18.1. The van der Waals surface area contributed by atoms with Crippen LogP contribution in [0.1, 0.15) is 30.6 Å². The zero-order valence-corrected chi connectivity index (χ0v) is 15.2. The van der Waals surface area contributed by atoms with Crippen molar-refractivity contribution in [2.75, 3.05) is 18.5 Å². The first-order chi connectivity index (χ1) is 12.1. The molecule has 0 spiro atoms. The van der Waals surface area contributed by atoms with Gasteiger partial charge in [-0.2, -0.15) is 0 Å². The van der Waals surface area contributed by atoms with Gasteiger partial charge in [0, 0.05) is 11.8 Å². The number of para-hydroxylation sites is 1. The molecule has 0 unspecified atom stereocenters. The number of nitrogens with one attached hydrogen (secondary N) is 2. The summed E-state index contributed by atoms with van der Waals surface area (Å²) in [7, 11) is 0. The molecule has 6 heteroatoms. The van der Waals surface area contributed by atoms with Crippen LogP contribution in [0.2, 0.25) is 0 Å². The molecule has 0 aliphatic heterocycles.